The number of methoxy groups -OCH3 is 1. The van der Waals surface area contributed by atoms with Gasteiger partial charge in [0.05, 0.1) is 18.4 Å². The maximum Gasteiger partial charge on any atom is 0.282 e. The average molecular weight is 433 g/mol. The highest BCUT2D eigenvalue weighted by atomic mass is 35.5. The summed E-state index contributed by atoms with van der Waals surface area (Å²) >= 11 is 6.04. The van der Waals surface area contributed by atoms with Crippen molar-refractivity contribution >= 4 is 34.7 Å². The highest BCUT2D eigenvalue weighted by Crippen LogP contribution is 2.36. The molecular weight excluding hydrogens is 412 g/mol. The van der Waals surface area contributed by atoms with E-state index in [1.54, 1.807) is 55.6 Å². The van der Waals surface area contributed by atoms with E-state index in [1.807, 2.05) is 42.3 Å². The van der Waals surface area contributed by atoms with E-state index in [4.69, 9.17) is 16.3 Å². The summed E-state index contributed by atoms with van der Waals surface area (Å²) in [5.41, 5.74) is 2.84. The Hall–Kier alpha value is -3.57. The predicted molar refractivity (Wildman–Crippen MR) is 122 cm³/mol. The fraction of sp³-hybridized carbons (Fsp3) is 0.120. The average Bonchev–Trinajstić information content (AvgIpc) is 3.05. The highest BCUT2D eigenvalue weighted by Gasteiger charge is 2.41. The number of carbonyl (C=O) groups excluding carboxylic acids is 2. The lowest BCUT2D eigenvalue weighted by Gasteiger charge is -2.22. The number of hydrogen-bond donors (Lipinski definition) is 0. The second kappa shape index (κ2) is 8.66. The molecule has 0 aliphatic carbocycles. The number of imide groups is 1. The summed E-state index contributed by atoms with van der Waals surface area (Å²) in [5, 5.41) is 0.560. The van der Waals surface area contributed by atoms with Gasteiger partial charge in [-0.2, -0.15) is 0 Å². The van der Waals surface area contributed by atoms with Crippen LogP contribution in [0.3, 0.4) is 0 Å². The molecule has 5 nitrogen and oxygen atoms in total. The molecule has 0 atom stereocenters. The van der Waals surface area contributed by atoms with Gasteiger partial charge in [0.2, 0.25) is 0 Å². The number of rotatable bonds is 6. The number of amides is 2. The van der Waals surface area contributed by atoms with Crippen LogP contribution in [0.1, 0.15) is 11.1 Å². The Morgan fingerprint density at radius 1 is 0.903 bits per heavy atom. The molecule has 0 saturated heterocycles. The molecule has 1 heterocycles. The van der Waals surface area contributed by atoms with Crippen molar-refractivity contribution in [2.24, 2.45) is 0 Å². The molecule has 0 N–H and O–H groups in total. The van der Waals surface area contributed by atoms with Crippen LogP contribution in [-0.4, -0.2) is 30.9 Å². The highest BCUT2D eigenvalue weighted by molar-refractivity contribution is 6.45. The lowest BCUT2D eigenvalue weighted by atomic mass is 10.0. The van der Waals surface area contributed by atoms with Crippen LogP contribution in [0.25, 0.3) is 5.57 Å². The van der Waals surface area contributed by atoms with E-state index in [2.05, 4.69) is 0 Å². The zero-order valence-electron chi connectivity index (χ0n) is 17.2. The third-order valence-electron chi connectivity index (χ3n) is 5.15. The number of anilines is 1. The van der Waals surface area contributed by atoms with Crippen molar-refractivity contribution in [1.29, 1.82) is 0 Å². The van der Waals surface area contributed by atoms with Gasteiger partial charge in [-0.15, -0.1) is 0 Å². The Bertz CT molecular complexity index is 1160. The minimum atomic E-state index is -0.379. The van der Waals surface area contributed by atoms with E-state index < -0.39 is 0 Å². The van der Waals surface area contributed by atoms with Crippen molar-refractivity contribution < 1.29 is 14.3 Å². The largest absolute Gasteiger partial charge is 0.497 e. The maximum atomic E-state index is 13.5. The smallest absolute Gasteiger partial charge is 0.282 e. The first kappa shape index (κ1) is 20.7. The molecule has 0 bridgehead atoms. The van der Waals surface area contributed by atoms with Crippen LogP contribution < -0.4 is 9.64 Å². The SMILES string of the molecule is COc1cccc(N2C(=O)C(c3ccc(Cl)cc3)=C(N(C)Cc3ccccc3)C2=O)c1. The van der Waals surface area contributed by atoms with Crippen LogP contribution in [0.5, 0.6) is 5.75 Å². The van der Waals surface area contributed by atoms with Gasteiger partial charge in [0, 0.05) is 24.7 Å². The van der Waals surface area contributed by atoms with Crippen LogP contribution >= 0.6 is 11.6 Å². The first-order valence-electron chi connectivity index (χ1n) is 9.77. The maximum absolute atomic E-state index is 13.5. The third kappa shape index (κ3) is 4.05. The van der Waals surface area contributed by atoms with Gasteiger partial charge in [-0.1, -0.05) is 60.1 Å². The second-order valence-corrected chi connectivity index (χ2v) is 7.66. The van der Waals surface area contributed by atoms with Gasteiger partial charge in [0.1, 0.15) is 11.4 Å². The van der Waals surface area contributed by atoms with Gasteiger partial charge in [-0.3, -0.25) is 9.59 Å². The summed E-state index contributed by atoms with van der Waals surface area (Å²) in [6.45, 7) is 0.484. The molecule has 0 spiro atoms. The van der Waals surface area contributed by atoms with Crippen molar-refractivity contribution in [3.63, 3.8) is 0 Å². The van der Waals surface area contributed by atoms with Gasteiger partial charge in [-0.05, 0) is 35.4 Å². The lowest BCUT2D eigenvalue weighted by Crippen LogP contribution is -2.34. The van der Waals surface area contributed by atoms with E-state index in [-0.39, 0.29) is 11.8 Å². The van der Waals surface area contributed by atoms with Crippen molar-refractivity contribution in [3.05, 3.63) is 101 Å². The summed E-state index contributed by atoms with van der Waals surface area (Å²) in [4.78, 5) is 30.1. The van der Waals surface area contributed by atoms with Gasteiger partial charge in [0.25, 0.3) is 11.8 Å². The fourth-order valence-corrected chi connectivity index (χ4v) is 3.80. The molecule has 0 unspecified atom stereocenters. The predicted octanol–water partition coefficient (Wildman–Crippen LogP) is 4.77. The topological polar surface area (TPSA) is 49.9 Å². The number of likely N-dealkylation sites (N-methyl/N-ethyl adjacent to an activating group) is 1. The number of benzene rings is 3. The van der Waals surface area contributed by atoms with Gasteiger partial charge < -0.3 is 9.64 Å². The molecule has 156 valence electrons. The van der Waals surface area contributed by atoms with Crippen LogP contribution in [0, 0.1) is 0 Å². The molecule has 0 aromatic heterocycles. The van der Waals surface area contributed by atoms with Crippen LogP contribution in [0.2, 0.25) is 5.02 Å². The number of nitrogens with zero attached hydrogens (tertiary/aromatic N) is 2. The van der Waals surface area contributed by atoms with Gasteiger partial charge >= 0.3 is 0 Å². The molecule has 3 aromatic rings. The quantitative estimate of drug-likeness (QED) is 0.527. The van der Waals surface area contributed by atoms with Crippen LogP contribution in [-0.2, 0) is 16.1 Å². The second-order valence-electron chi connectivity index (χ2n) is 7.22. The van der Waals surface area contributed by atoms with Crippen LogP contribution in [0.15, 0.2) is 84.6 Å². The number of halogens is 1. The molecule has 4 rings (SSSR count). The molecular formula is C25H21ClN2O3. The number of carbonyl (C=O) groups is 2. The molecule has 31 heavy (non-hydrogen) atoms. The molecule has 0 radical (unpaired) electrons. The summed E-state index contributed by atoms with van der Waals surface area (Å²) in [6.07, 6.45) is 0. The lowest BCUT2D eigenvalue weighted by molar-refractivity contribution is -0.120. The summed E-state index contributed by atoms with van der Waals surface area (Å²) in [6, 6.07) is 23.7. The summed E-state index contributed by atoms with van der Waals surface area (Å²) in [5.74, 6) is -0.186. The fourth-order valence-electron chi connectivity index (χ4n) is 3.67. The Morgan fingerprint density at radius 3 is 2.29 bits per heavy atom. The third-order valence-corrected chi connectivity index (χ3v) is 5.40. The first-order valence-corrected chi connectivity index (χ1v) is 10.2. The molecule has 0 saturated carbocycles. The summed E-state index contributed by atoms with van der Waals surface area (Å²) in [7, 11) is 3.36. The molecule has 3 aromatic carbocycles. The van der Waals surface area contributed by atoms with Crippen molar-refractivity contribution in [3.8, 4) is 5.75 Å². The Morgan fingerprint density at radius 2 is 1.61 bits per heavy atom. The molecule has 6 heteroatoms. The minimum Gasteiger partial charge on any atom is -0.497 e. The van der Waals surface area contributed by atoms with E-state index in [0.29, 0.717) is 39.8 Å². The molecule has 0 fully saturated rings. The van der Waals surface area contributed by atoms with E-state index in [0.717, 1.165) is 5.56 Å². The Balaban J connectivity index is 1.80. The van der Waals surface area contributed by atoms with Crippen molar-refractivity contribution in [2.75, 3.05) is 19.1 Å². The first-order chi connectivity index (χ1) is 15.0. The summed E-state index contributed by atoms with van der Waals surface area (Å²) < 4.78 is 5.27. The zero-order chi connectivity index (χ0) is 22.0. The monoisotopic (exact) mass is 432 g/mol. The zero-order valence-corrected chi connectivity index (χ0v) is 18.0. The van der Waals surface area contributed by atoms with Crippen molar-refractivity contribution in [2.45, 2.75) is 6.54 Å². The molecule has 1 aliphatic heterocycles. The van der Waals surface area contributed by atoms with E-state index in [1.165, 1.54) is 4.90 Å². The molecule has 1 aliphatic rings. The minimum absolute atomic E-state index is 0.346. The van der Waals surface area contributed by atoms with Gasteiger partial charge in [-0.25, -0.2) is 4.90 Å². The Kier molecular flexibility index (Phi) is 5.78. The standard InChI is InChI=1S/C25H21ClN2O3/c1-27(16-17-7-4-3-5-8-17)23-22(18-11-13-19(26)14-12-18)24(29)28(25(23)30)20-9-6-10-21(15-20)31-2/h3-15H,16H2,1-2H3. The Labute approximate surface area is 186 Å². The normalized spacial score (nSPS) is 13.7. The number of ether oxygens (including phenoxy) is 1. The van der Waals surface area contributed by atoms with E-state index in [9.17, 15) is 9.59 Å². The van der Waals surface area contributed by atoms with Crippen LogP contribution in [0.4, 0.5) is 5.69 Å². The molecule has 2 amide bonds. The number of hydrogen-bond acceptors (Lipinski definition) is 4. The van der Waals surface area contributed by atoms with Gasteiger partial charge in [0.15, 0.2) is 0 Å². The van der Waals surface area contributed by atoms with Crippen molar-refractivity contribution in [1.82, 2.24) is 4.90 Å². The van der Waals surface area contributed by atoms with E-state index >= 15 is 0 Å².